The number of nitrogens with two attached hydrogens (primary N) is 1. The van der Waals surface area contributed by atoms with Gasteiger partial charge in [-0.2, -0.15) is 13.9 Å². The van der Waals surface area contributed by atoms with Crippen LogP contribution in [-0.4, -0.2) is 35.9 Å². The van der Waals surface area contributed by atoms with Gasteiger partial charge in [0.05, 0.1) is 5.69 Å². The van der Waals surface area contributed by atoms with Crippen LogP contribution in [0.1, 0.15) is 6.42 Å². The minimum atomic E-state index is -2.86. The van der Waals surface area contributed by atoms with Gasteiger partial charge in [0.1, 0.15) is 5.75 Å². The third-order valence-electron chi connectivity index (χ3n) is 3.51. The first kappa shape index (κ1) is 13.8. The van der Waals surface area contributed by atoms with Crippen LogP contribution in [0.2, 0.25) is 0 Å². The highest BCUT2D eigenvalue weighted by atomic mass is 19.3. The molecular weight excluding hydrogens is 278 g/mol. The SMILES string of the molecule is NC1CCN(c2cc(-c3ccccc3OC(F)F)[nH]n2)C1. The van der Waals surface area contributed by atoms with E-state index in [4.69, 9.17) is 5.73 Å². The van der Waals surface area contributed by atoms with Crippen molar-refractivity contribution in [3.05, 3.63) is 30.3 Å². The number of rotatable bonds is 4. The number of alkyl halides is 2. The predicted octanol–water partition coefficient (Wildman–Crippen LogP) is 2.22. The first-order valence-corrected chi connectivity index (χ1v) is 6.73. The van der Waals surface area contributed by atoms with Crippen LogP contribution in [0.5, 0.6) is 5.75 Å². The Balaban J connectivity index is 1.86. The molecule has 1 unspecified atom stereocenters. The van der Waals surface area contributed by atoms with Crippen LogP contribution in [0.25, 0.3) is 11.3 Å². The molecule has 1 saturated heterocycles. The van der Waals surface area contributed by atoms with Gasteiger partial charge in [-0.3, -0.25) is 5.10 Å². The number of halogens is 2. The van der Waals surface area contributed by atoms with Crippen LogP contribution >= 0.6 is 0 Å². The molecule has 0 amide bonds. The van der Waals surface area contributed by atoms with Crippen molar-refractivity contribution in [2.45, 2.75) is 19.1 Å². The molecule has 1 aliphatic heterocycles. The largest absolute Gasteiger partial charge is 0.434 e. The van der Waals surface area contributed by atoms with E-state index in [1.54, 1.807) is 18.2 Å². The molecule has 112 valence electrons. The Kier molecular flexibility index (Phi) is 3.74. The average Bonchev–Trinajstić information content (AvgIpc) is 3.07. The van der Waals surface area contributed by atoms with Crippen LogP contribution in [0.4, 0.5) is 14.6 Å². The molecule has 21 heavy (non-hydrogen) atoms. The Morgan fingerprint density at radius 1 is 1.38 bits per heavy atom. The van der Waals surface area contributed by atoms with Gasteiger partial charge < -0.3 is 15.4 Å². The van der Waals surface area contributed by atoms with E-state index in [1.807, 2.05) is 6.07 Å². The minimum Gasteiger partial charge on any atom is -0.434 e. The topological polar surface area (TPSA) is 67.2 Å². The molecule has 7 heteroatoms. The van der Waals surface area contributed by atoms with Gasteiger partial charge in [-0.1, -0.05) is 12.1 Å². The van der Waals surface area contributed by atoms with Crippen LogP contribution in [0.15, 0.2) is 30.3 Å². The van der Waals surface area contributed by atoms with Gasteiger partial charge in [-0.05, 0) is 18.6 Å². The number of para-hydroxylation sites is 1. The molecule has 1 fully saturated rings. The van der Waals surface area contributed by atoms with Crippen LogP contribution in [-0.2, 0) is 0 Å². The summed E-state index contributed by atoms with van der Waals surface area (Å²) in [4.78, 5) is 2.07. The number of ether oxygens (including phenoxy) is 1. The molecule has 0 aliphatic carbocycles. The lowest BCUT2D eigenvalue weighted by Crippen LogP contribution is -2.26. The summed E-state index contributed by atoms with van der Waals surface area (Å²) >= 11 is 0. The molecule has 1 atom stereocenters. The maximum Gasteiger partial charge on any atom is 0.387 e. The van der Waals surface area contributed by atoms with Gasteiger partial charge in [0.2, 0.25) is 0 Å². The van der Waals surface area contributed by atoms with E-state index >= 15 is 0 Å². The summed E-state index contributed by atoms with van der Waals surface area (Å²) in [7, 11) is 0. The zero-order chi connectivity index (χ0) is 14.8. The smallest absolute Gasteiger partial charge is 0.387 e. The normalized spacial score (nSPS) is 18.5. The van der Waals surface area contributed by atoms with Gasteiger partial charge >= 0.3 is 6.61 Å². The standard InChI is InChI=1S/C14H16F2N4O/c15-14(16)21-12-4-2-1-3-10(12)11-7-13(19-18-11)20-6-5-9(17)8-20/h1-4,7,9,14H,5-6,8,17H2,(H,18,19). The highest BCUT2D eigenvalue weighted by Crippen LogP contribution is 2.31. The summed E-state index contributed by atoms with van der Waals surface area (Å²) in [6.07, 6.45) is 0.924. The zero-order valence-corrected chi connectivity index (χ0v) is 11.3. The number of aromatic amines is 1. The lowest BCUT2D eigenvalue weighted by Gasteiger charge is -2.13. The Bertz CT molecular complexity index is 617. The van der Waals surface area contributed by atoms with Crippen molar-refractivity contribution in [2.75, 3.05) is 18.0 Å². The van der Waals surface area contributed by atoms with E-state index in [9.17, 15) is 8.78 Å². The molecule has 1 aliphatic rings. The molecule has 2 aromatic rings. The molecule has 0 radical (unpaired) electrons. The van der Waals surface area contributed by atoms with Crippen molar-refractivity contribution >= 4 is 5.82 Å². The number of anilines is 1. The van der Waals surface area contributed by atoms with Crippen molar-refractivity contribution in [1.82, 2.24) is 10.2 Å². The number of nitrogens with zero attached hydrogens (tertiary/aromatic N) is 2. The molecule has 0 bridgehead atoms. The van der Waals surface area contributed by atoms with Crippen molar-refractivity contribution in [2.24, 2.45) is 5.73 Å². The highest BCUT2D eigenvalue weighted by Gasteiger charge is 2.22. The van der Waals surface area contributed by atoms with E-state index < -0.39 is 6.61 Å². The first-order chi connectivity index (χ1) is 10.1. The Labute approximate surface area is 120 Å². The molecule has 2 heterocycles. The summed E-state index contributed by atoms with van der Waals surface area (Å²) < 4.78 is 29.4. The number of hydrogen-bond acceptors (Lipinski definition) is 4. The maximum atomic E-state index is 12.4. The van der Waals surface area contributed by atoms with Crippen molar-refractivity contribution in [3.63, 3.8) is 0 Å². The third kappa shape index (κ3) is 2.97. The number of aromatic nitrogens is 2. The summed E-state index contributed by atoms with van der Waals surface area (Å²) in [5.74, 6) is 0.894. The molecular formula is C14H16F2N4O. The Morgan fingerprint density at radius 2 is 2.19 bits per heavy atom. The van der Waals surface area contributed by atoms with Crippen LogP contribution in [0.3, 0.4) is 0 Å². The van der Waals surface area contributed by atoms with Crippen LogP contribution in [0, 0.1) is 0 Å². The Morgan fingerprint density at radius 3 is 2.90 bits per heavy atom. The van der Waals surface area contributed by atoms with E-state index in [1.165, 1.54) is 6.07 Å². The molecule has 3 rings (SSSR count). The Hall–Kier alpha value is -2.15. The average molecular weight is 294 g/mol. The van der Waals surface area contributed by atoms with E-state index in [-0.39, 0.29) is 11.8 Å². The van der Waals surface area contributed by atoms with Crippen molar-refractivity contribution in [1.29, 1.82) is 0 Å². The molecule has 0 saturated carbocycles. The van der Waals surface area contributed by atoms with Crippen LogP contribution < -0.4 is 15.4 Å². The molecule has 5 nitrogen and oxygen atoms in total. The summed E-state index contributed by atoms with van der Waals surface area (Å²) in [6, 6.07) is 8.61. The van der Waals surface area contributed by atoms with Crippen molar-refractivity contribution in [3.8, 4) is 17.0 Å². The zero-order valence-electron chi connectivity index (χ0n) is 11.3. The molecule has 1 aromatic carbocycles. The molecule has 1 aromatic heterocycles. The predicted molar refractivity (Wildman–Crippen MR) is 75.5 cm³/mol. The number of hydrogen-bond donors (Lipinski definition) is 2. The third-order valence-corrected chi connectivity index (χ3v) is 3.51. The lowest BCUT2D eigenvalue weighted by atomic mass is 10.1. The first-order valence-electron chi connectivity index (χ1n) is 6.73. The second-order valence-electron chi connectivity index (χ2n) is 5.01. The fourth-order valence-electron chi connectivity index (χ4n) is 2.49. The summed E-state index contributed by atoms with van der Waals surface area (Å²) in [6.45, 7) is -1.26. The van der Waals surface area contributed by atoms with Gasteiger partial charge in [-0.15, -0.1) is 0 Å². The number of H-pyrrole nitrogens is 1. The van der Waals surface area contributed by atoms with E-state index in [0.717, 1.165) is 25.3 Å². The van der Waals surface area contributed by atoms with E-state index in [0.29, 0.717) is 11.3 Å². The highest BCUT2D eigenvalue weighted by molar-refractivity contribution is 5.69. The fraction of sp³-hybridized carbons (Fsp3) is 0.357. The molecule has 3 N–H and O–H groups in total. The minimum absolute atomic E-state index is 0.126. The lowest BCUT2D eigenvalue weighted by molar-refractivity contribution is -0.0494. The fourth-order valence-corrected chi connectivity index (χ4v) is 2.49. The second-order valence-corrected chi connectivity index (χ2v) is 5.01. The van der Waals surface area contributed by atoms with Crippen molar-refractivity contribution < 1.29 is 13.5 Å². The van der Waals surface area contributed by atoms with E-state index in [2.05, 4.69) is 19.8 Å². The van der Waals surface area contributed by atoms with Gasteiger partial charge in [-0.25, -0.2) is 0 Å². The molecule has 0 spiro atoms. The number of nitrogens with one attached hydrogen (secondary N) is 1. The van der Waals surface area contributed by atoms with Gasteiger partial charge in [0, 0.05) is 30.8 Å². The summed E-state index contributed by atoms with van der Waals surface area (Å²) in [5, 5.41) is 7.10. The maximum absolute atomic E-state index is 12.4. The van der Waals surface area contributed by atoms with Gasteiger partial charge in [0.25, 0.3) is 0 Å². The summed E-state index contributed by atoms with van der Waals surface area (Å²) in [5.41, 5.74) is 7.07. The number of benzene rings is 1. The second kappa shape index (κ2) is 5.69. The monoisotopic (exact) mass is 294 g/mol. The van der Waals surface area contributed by atoms with Gasteiger partial charge in [0.15, 0.2) is 5.82 Å². The quantitative estimate of drug-likeness (QED) is 0.907.